The van der Waals surface area contributed by atoms with Gasteiger partial charge < -0.3 is 9.84 Å². The largest absolute Gasteiger partial charge is 0.488 e. The maximum Gasteiger partial charge on any atom is 0.129 e. The Morgan fingerprint density at radius 3 is 2.70 bits per heavy atom. The van der Waals surface area contributed by atoms with Crippen molar-refractivity contribution in [3.63, 3.8) is 0 Å². The molecule has 4 heteroatoms. The molecule has 0 aromatic heterocycles. The van der Waals surface area contributed by atoms with E-state index in [1.54, 1.807) is 6.92 Å². The Morgan fingerprint density at radius 2 is 2.00 bits per heavy atom. The van der Waals surface area contributed by atoms with Crippen LogP contribution in [-0.4, -0.2) is 5.11 Å². The fraction of sp³-hybridized carbons (Fsp3) is 0.250. The topological polar surface area (TPSA) is 29.5 Å². The van der Waals surface area contributed by atoms with E-state index in [0.717, 1.165) is 5.56 Å². The summed E-state index contributed by atoms with van der Waals surface area (Å²) >= 11 is 5.84. The van der Waals surface area contributed by atoms with Gasteiger partial charge in [0.05, 0.1) is 6.10 Å². The summed E-state index contributed by atoms with van der Waals surface area (Å²) in [5, 5.41) is 10.2. The molecule has 1 atom stereocenters. The lowest BCUT2D eigenvalue weighted by molar-refractivity contribution is 0.190. The maximum absolute atomic E-state index is 13.6. The zero-order valence-corrected chi connectivity index (χ0v) is 12.1. The summed E-state index contributed by atoms with van der Waals surface area (Å²) in [5.74, 6) is 0.194. The molecular formula is C16H16ClFO2. The minimum absolute atomic E-state index is 0.0650. The number of aryl methyl sites for hydroxylation is 1. The molecule has 0 fully saturated rings. The van der Waals surface area contributed by atoms with Crippen LogP contribution in [0.25, 0.3) is 0 Å². The molecule has 0 spiro atoms. The van der Waals surface area contributed by atoms with Gasteiger partial charge in [-0.2, -0.15) is 0 Å². The molecule has 2 rings (SSSR count). The Hall–Kier alpha value is -1.58. The van der Waals surface area contributed by atoms with E-state index >= 15 is 0 Å². The van der Waals surface area contributed by atoms with Crippen LogP contribution < -0.4 is 4.74 Å². The van der Waals surface area contributed by atoms with Crippen molar-refractivity contribution < 1.29 is 14.2 Å². The van der Waals surface area contributed by atoms with Gasteiger partial charge in [-0.1, -0.05) is 23.7 Å². The quantitative estimate of drug-likeness (QED) is 0.904. The standard InChI is InChI=1S/C16H16ClFO2/c1-10-3-5-14(11(2)19)16(7-10)20-9-12-8-13(17)4-6-15(12)18/h3-8,11,19H,9H2,1-2H3/t11-/m1/s1. The first-order valence-electron chi connectivity index (χ1n) is 6.32. The number of hydrogen-bond acceptors (Lipinski definition) is 2. The highest BCUT2D eigenvalue weighted by molar-refractivity contribution is 6.30. The van der Waals surface area contributed by atoms with Crippen LogP contribution in [0.2, 0.25) is 5.02 Å². The van der Waals surface area contributed by atoms with Gasteiger partial charge in [0, 0.05) is 16.1 Å². The molecule has 0 radical (unpaired) electrons. The molecule has 0 aliphatic rings. The normalized spacial score (nSPS) is 12.2. The summed E-state index contributed by atoms with van der Waals surface area (Å²) < 4.78 is 19.3. The molecular weight excluding hydrogens is 279 g/mol. The number of rotatable bonds is 4. The van der Waals surface area contributed by atoms with Gasteiger partial charge in [0.2, 0.25) is 0 Å². The summed E-state index contributed by atoms with van der Waals surface area (Å²) in [4.78, 5) is 0. The van der Waals surface area contributed by atoms with Crippen molar-refractivity contribution in [3.8, 4) is 5.75 Å². The summed E-state index contributed by atoms with van der Waals surface area (Å²) in [7, 11) is 0. The number of benzene rings is 2. The van der Waals surface area contributed by atoms with Crippen LogP contribution in [0.3, 0.4) is 0 Å². The highest BCUT2D eigenvalue weighted by Gasteiger charge is 2.11. The van der Waals surface area contributed by atoms with E-state index in [4.69, 9.17) is 16.3 Å². The van der Waals surface area contributed by atoms with Crippen LogP contribution in [-0.2, 0) is 6.61 Å². The molecule has 0 saturated carbocycles. The predicted molar refractivity (Wildman–Crippen MR) is 77.6 cm³/mol. The van der Waals surface area contributed by atoms with E-state index in [9.17, 15) is 9.50 Å². The van der Waals surface area contributed by atoms with E-state index in [0.29, 0.717) is 21.9 Å². The fourth-order valence-electron chi connectivity index (χ4n) is 1.92. The van der Waals surface area contributed by atoms with Crippen LogP contribution in [0.15, 0.2) is 36.4 Å². The van der Waals surface area contributed by atoms with Crippen molar-refractivity contribution in [1.29, 1.82) is 0 Å². The highest BCUT2D eigenvalue weighted by Crippen LogP contribution is 2.27. The number of hydrogen-bond donors (Lipinski definition) is 1. The van der Waals surface area contributed by atoms with Crippen LogP contribution in [0.5, 0.6) is 5.75 Å². The molecule has 2 nitrogen and oxygen atoms in total. The molecule has 0 saturated heterocycles. The smallest absolute Gasteiger partial charge is 0.129 e. The summed E-state index contributed by atoms with van der Waals surface area (Å²) in [6, 6.07) is 9.87. The summed E-state index contributed by atoms with van der Waals surface area (Å²) in [6.07, 6.45) is -0.644. The van der Waals surface area contributed by atoms with Crippen molar-refractivity contribution >= 4 is 11.6 Å². The summed E-state index contributed by atoms with van der Waals surface area (Å²) in [5.41, 5.74) is 2.07. The SMILES string of the molecule is Cc1ccc([C@@H](C)O)c(OCc2cc(Cl)ccc2F)c1. The van der Waals surface area contributed by atoms with Crippen LogP contribution >= 0.6 is 11.6 Å². The lowest BCUT2D eigenvalue weighted by Gasteiger charge is -2.14. The Morgan fingerprint density at radius 1 is 1.25 bits per heavy atom. The third-order valence-electron chi connectivity index (χ3n) is 3.01. The molecule has 1 N–H and O–H groups in total. The lowest BCUT2D eigenvalue weighted by atomic mass is 10.1. The van der Waals surface area contributed by atoms with Crippen molar-refractivity contribution in [2.24, 2.45) is 0 Å². The Kier molecular flexibility index (Phi) is 4.63. The molecule has 0 aliphatic carbocycles. The lowest BCUT2D eigenvalue weighted by Crippen LogP contribution is -2.03. The van der Waals surface area contributed by atoms with Crippen LogP contribution in [0, 0.1) is 12.7 Å². The van der Waals surface area contributed by atoms with Crippen molar-refractivity contribution in [2.45, 2.75) is 26.6 Å². The van der Waals surface area contributed by atoms with Crippen LogP contribution in [0.1, 0.15) is 29.7 Å². The van der Waals surface area contributed by atoms with Gasteiger partial charge in [0.15, 0.2) is 0 Å². The zero-order chi connectivity index (χ0) is 14.7. The molecule has 0 bridgehead atoms. The van der Waals surface area contributed by atoms with Gasteiger partial charge >= 0.3 is 0 Å². The fourth-order valence-corrected chi connectivity index (χ4v) is 2.12. The first kappa shape index (κ1) is 14.8. The van der Waals surface area contributed by atoms with Gasteiger partial charge in [0.25, 0.3) is 0 Å². The second kappa shape index (κ2) is 6.25. The molecule has 20 heavy (non-hydrogen) atoms. The number of halogens is 2. The van der Waals surface area contributed by atoms with E-state index < -0.39 is 6.10 Å². The number of ether oxygens (including phenoxy) is 1. The Balaban J connectivity index is 2.22. The monoisotopic (exact) mass is 294 g/mol. The highest BCUT2D eigenvalue weighted by atomic mass is 35.5. The van der Waals surface area contributed by atoms with Gasteiger partial charge in [-0.05, 0) is 43.7 Å². The third kappa shape index (κ3) is 3.50. The third-order valence-corrected chi connectivity index (χ3v) is 3.25. The first-order chi connectivity index (χ1) is 9.47. The maximum atomic E-state index is 13.6. The second-order valence-electron chi connectivity index (χ2n) is 4.74. The summed E-state index contributed by atoms with van der Waals surface area (Å²) in [6.45, 7) is 3.66. The van der Waals surface area contributed by atoms with Crippen molar-refractivity contribution in [1.82, 2.24) is 0 Å². The van der Waals surface area contributed by atoms with E-state index in [1.807, 2.05) is 25.1 Å². The van der Waals surface area contributed by atoms with E-state index in [-0.39, 0.29) is 12.4 Å². The van der Waals surface area contributed by atoms with Crippen molar-refractivity contribution in [3.05, 3.63) is 63.9 Å². The zero-order valence-electron chi connectivity index (χ0n) is 11.4. The van der Waals surface area contributed by atoms with Gasteiger partial charge in [-0.25, -0.2) is 4.39 Å². The molecule has 2 aromatic rings. The second-order valence-corrected chi connectivity index (χ2v) is 5.18. The van der Waals surface area contributed by atoms with Crippen molar-refractivity contribution in [2.75, 3.05) is 0 Å². The molecule has 0 amide bonds. The minimum atomic E-state index is -0.644. The predicted octanol–water partition coefficient (Wildman–Crippen LogP) is 4.42. The van der Waals surface area contributed by atoms with Crippen LogP contribution in [0.4, 0.5) is 4.39 Å². The van der Waals surface area contributed by atoms with Gasteiger partial charge in [-0.15, -0.1) is 0 Å². The molecule has 106 valence electrons. The molecule has 2 aromatic carbocycles. The average Bonchev–Trinajstić information content (AvgIpc) is 2.39. The molecule has 0 heterocycles. The number of aliphatic hydroxyl groups is 1. The molecule has 0 aliphatic heterocycles. The minimum Gasteiger partial charge on any atom is -0.488 e. The Labute approximate surface area is 122 Å². The number of aliphatic hydroxyl groups excluding tert-OH is 1. The Bertz CT molecular complexity index is 611. The average molecular weight is 295 g/mol. The van der Waals surface area contributed by atoms with E-state index in [1.165, 1.54) is 18.2 Å². The first-order valence-corrected chi connectivity index (χ1v) is 6.70. The van der Waals surface area contributed by atoms with Gasteiger partial charge in [-0.3, -0.25) is 0 Å². The van der Waals surface area contributed by atoms with E-state index in [2.05, 4.69) is 0 Å². The molecule has 0 unspecified atom stereocenters. The van der Waals surface area contributed by atoms with Gasteiger partial charge in [0.1, 0.15) is 18.2 Å².